The number of carbonyl (C=O) groups is 2. The van der Waals surface area contributed by atoms with E-state index in [0.717, 1.165) is 50.2 Å². The second kappa shape index (κ2) is 8.21. The van der Waals surface area contributed by atoms with Crippen molar-refractivity contribution in [3.63, 3.8) is 0 Å². The highest BCUT2D eigenvalue weighted by atomic mass is 16.3. The van der Waals surface area contributed by atoms with Gasteiger partial charge in [-0.2, -0.15) is 0 Å². The molecule has 0 unspecified atom stereocenters. The fraction of sp³-hybridized carbons (Fsp3) is 0.429. The highest BCUT2D eigenvalue weighted by Gasteiger charge is 2.29. The highest BCUT2D eigenvalue weighted by molar-refractivity contribution is 5.95. The number of amides is 2. The molecule has 1 aliphatic rings. The summed E-state index contributed by atoms with van der Waals surface area (Å²) in [6.07, 6.45) is 5.01. The van der Waals surface area contributed by atoms with E-state index in [9.17, 15) is 9.59 Å². The van der Waals surface area contributed by atoms with E-state index in [2.05, 4.69) is 12.2 Å². The number of hydrogen-bond donors (Lipinski definition) is 1. The number of benzene rings is 1. The lowest BCUT2D eigenvalue weighted by molar-refractivity contribution is -0.114. The maximum atomic E-state index is 13.1. The van der Waals surface area contributed by atoms with E-state index in [4.69, 9.17) is 4.42 Å². The molecule has 2 heterocycles. The van der Waals surface area contributed by atoms with Crippen molar-refractivity contribution in [1.82, 2.24) is 4.90 Å². The Balaban J connectivity index is 1.82. The molecule has 0 spiro atoms. The summed E-state index contributed by atoms with van der Waals surface area (Å²) in [5, 5.41) is 2.73. The van der Waals surface area contributed by atoms with Crippen molar-refractivity contribution in [3.8, 4) is 0 Å². The predicted octanol–water partition coefficient (Wildman–Crippen LogP) is 4.56. The molecule has 0 saturated carbocycles. The van der Waals surface area contributed by atoms with Gasteiger partial charge < -0.3 is 14.6 Å². The van der Waals surface area contributed by atoms with Gasteiger partial charge in [0.2, 0.25) is 5.91 Å². The van der Waals surface area contributed by atoms with Gasteiger partial charge in [0.05, 0.1) is 6.04 Å². The first-order chi connectivity index (χ1) is 12.6. The molecule has 1 aromatic heterocycles. The van der Waals surface area contributed by atoms with Crippen LogP contribution < -0.4 is 5.32 Å². The van der Waals surface area contributed by atoms with Crippen molar-refractivity contribution in [2.75, 3.05) is 11.9 Å². The van der Waals surface area contributed by atoms with Gasteiger partial charge in [-0.25, -0.2) is 0 Å². The van der Waals surface area contributed by atoms with Gasteiger partial charge in [0.15, 0.2) is 0 Å². The van der Waals surface area contributed by atoms with Gasteiger partial charge in [-0.15, -0.1) is 0 Å². The van der Waals surface area contributed by atoms with Crippen LogP contribution in [0.15, 0.2) is 40.8 Å². The summed E-state index contributed by atoms with van der Waals surface area (Å²) >= 11 is 0. The minimum absolute atomic E-state index is 0.0136. The molecule has 0 radical (unpaired) electrons. The third kappa shape index (κ3) is 4.15. The number of carbonyl (C=O) groups excluding carboxylic acids is 2. The minimum Gasteiger partial charge on any atom is -0.464 e. The smallest absolute Gasteiger partial charge is 0.254 e. The lowest BCUT2D eigenvalue weighted by Gasteiger charge is -2.29. The van der Waals surface area contributed by atoms with E-state index in [1.54, 1.807) is 24.3 Å². The molecule has 1 N–H and O–H groups in total. The second-order valence-corrected chi connectivity index (χ2v) is 6.78. The van der Waals surface area contributed by atoms with Gasteiger partial charge in [-0.3, -0.25) is 9.59 Å². The summed E-state index contributed by atoms with van der Waals surface area (Å²) < 4.78 is 5.97. The standard InChI is InChI=1S/C21H26N2O3/c1-3-18-12-13-20(26-18)19-7-5-4-6-14-23(19)21(25)16-8-10-17(11-9-16)22-15(2)24/h8-13,19H,3-7,14H2,1-2H3,(H,22,24)/t19-/m0/s1. The molecule has 1 aromatic carbocycles. The number of likely N-dealkylation sites (tertiary alicyclic amines) is 1. The van der Waals surface area contributed by atoms with Crippen LogP contribution in [0.2, 0.25) is 0 Å². The van der Waals surface area contributed by atoms with E-state index >= 15 is 0 Å². The first-order valence-electron chi connectivity index (χ1n) is 9.35. The van der Waals surface area contributed by atoms with Gasteiger partial charge in [-0.05, 0) is 49.2 Å². The van der Waals surface area contributed by atoms with Crippen molar-refractivity contribution in [2.24, 2.45) is 0 Å². The summed E-state index contributed by atoms with van der Waals surface area (Å²) in [7, 11) is 0. The fourth-order valence-electron chi connectivity index (χ4n) is 3.48. The van der Waals surface area contributed by atoms with Crippen molar-refractivity contribution in [2.45, 2.75) is 52.0 Å². The number of aryl methyl sites for hydroxylation is 1. The van der Waals surface area contributed by atoms with Crippen LogP contribution in [0.1, 0.15) is 67.5 Å². The summed E-state index contributed by atoms with van der Waals surface area (Å²) in [6, 6.07) is 11.1. The Labute approximate surface area is 154 Å². The van der Waals surface area contributed by atoms with Crippen molar-refractivity contribution >= 4 is 17.5 Å². The van der Waals surface area contributed by atoms with Crippen molar-refractivity contribution < 1.29 is 14.0 Å². The van der Waals surface area contributed by atoms with Gasteiger partial charge >= 0.3 is 0 Å². The van der Waals surface area contributed by atoms with Crippen molar-refractivity contribution in [3.05, 3.63) is 53.5 Å². The number of anilines is 1. The first kappa shape index (κ1) is 18.2. The second-order valence-electron chi connectivity index (χ2n) is 6.78. The van der Waals surface area contributed by atoms with Crippen LogP contribution in [0.25, 0.3) is 0 Å². The Morgan fingerprint density at radius 3 is 2.54 bits per heavy atom. The van der Waals surface area contributed by atoms with E-state index in [1.165, 1.54) is 6.92 Å². The average molecular weight is 354 g/mol. The predicted molar refractivity (Wildman–Crippen MR) is 101 cm³/mol. The zero-order chi connectivity index (χ0) is 18.5. The fourth-order valence-corrected chi connectivity index (χ4v) is 3.48. The topological polar surface area (TPSA) is 62.6 Å². The molecule has 1 fully saturated rings. The lowest BCUT2D eigenvalue weighted by Crippen LogP contribution is -2.34. The normalized spacial score (nSPS) is 17.6. The molecule has 1 aliphatic heterocycles. The number of nitrogens with zero attached hydrogens (tertiary/aromatic N) is 1. The quantitative estimate of drug-likeness (QED) is 0.875. The van der Waals surface area contributed by atoms with Gasteiger partial charge in [-0.1, -0.05) is 19.8 Å². The molecule has 2 amide bonds. The third-order valence-electron chi connectivity index (χ3n) is 4.83. The van der Waals surface area contributed by atoms with Gasteiger partial charge in [0.1, 0.15) is 11.5 Å². The minimum atomic E-state index is -0.124. The van der Waals surface area contributed by atoms with Crippen LogP contribution in [-0.4, -0.2) is 23.3 Å². The highest BCUT2D eigenvalue weighted by Crippen LogP contribution is 2.32. The van der Waals surface area contributed by atoms with E-state index < -0.39 is 0 Å². The molecule has 5 nitrogen and oxygen atoms in total. The van der Waals surface area contributed by atoms with Crippen LogP contribution in [0, 0.1) is 0 Å². The molecule has 1 saturated heterocycles. The third-order valence-corrected chi connectivity index (χ3v) is 4.83. The summed E-state index contributed by atoms with van der Waals surface area (Å²) in [5.41, 5.74) is 1.33. The van der Waals surface area contributed by atoms with E-state index in [0.29, 0.717) is 11.3 Å². The molecule has 1 atom stereocenters. The molecule has 5 heteroatoms. The zero-order valence-electron chi connectivity index (χ0n) is 15.5. The monoisotopic (exact) mass is 354 g/mol. The zero-order valence-corrected chi connectivity index (χ0v) is 15.5. The Morgan fingerprint density at radius 1 is 1.12 bits per heavy atom. The summed E-state index contributed by atoms with van der Waals surface area (Å²) in [6.45, 7) is 4.27. The number of nitrogens with one attached hydrogen (secondary N) is 1. The molecule has 0 bridgehead atoms. The van der Waals surface area contributed by atoms with Crippen LogP contribution in [0.4, 0.5) is 5.69 Å². The molecule has 138 valence electrons. The summed E-state index contributed by atoms with van der Waals surface area (Å²) in [4.78, 5) is 26.2. The van der Waals surface area contributed by atoms with Gasteiger partial charge in [0.25, 0.3) is 5.91 Å². The van der Waals surface area contributed by atoms with Crippen molar-refractivity contribution in [1.29, 1.82) is 0 Å². The number of hydrogen-bond acceptors (Lipinski definition) is 3. The molecule has 26 heavy (non-hydrogen) atoms. The largest absolute Gasteiger partial charge is 0.464 e. The Morgan fingerprint density at radius 2 is 1.88 bits per heavy atom. The lowest BCUT2D eigenvalue weighted by atomic mass is 10.1. The van der Waals surface area contributed by atoms with Gasteiger partial charge in [0, 0.05) is 31.1 Å². The van der Waals surface area contributed by atoms with Crippen LogP contribution in [0.5, 0.6) is 0 Å². The Bertz CT molecular complexity index is 764. The Kier molecular flexibility index (Phi) is 5.76. The van der Waals surface area contributed by atoms with E-state index in [1.807, 2.05) is 17.0 Å². The van der Waals surface area contributed by atoms with Crippen LogP contribution in [0.3, 0.4) is 0 Å². The SMILES string of the molecule is CCc1ccc([C@@H]2CCCCCN2C(=O)c2ccc(NC(C)=O)cc2)o1. The van der Waals surface area contributed by atoms with Crippen LogP contribution >= 0.6 is 0 Å². The average Bonchev–Trinajstić information content (AvgIpc) is 2.98. The maximum absolute atomic E-state index is 13.1. The summed E-state index contributed by atoms with van der Waals surface area (Å²) in [5.74, 6) is 1.73. The molecular formula is C21H26N2O3. The maximum Gasteiger partial charge on any atom is 0.254 e. The molecule has 3 rings (SSSR count). The van der Waals surface area contributed by atoms with Crippen LogP contribution in [-0.2, 0) is 11.2 Å². The first-order valence-corrected chi connectivity index (χ1v) is 9.35. The van der Waals surface area contributed by atoms with E-state index in [-0.39, 0.29) is 17.9 Å². The Hall–Kier alpha value is -2.56. The molecule has 0 aliphatic carbocycles. The number of rotatable bonds is 4. The number of furan rings is 1. The molecule has 2 aromatic rings. The molecular weight excluding hydrogens is 328 g/mol.